The van der Waals surface area contributed by atoms with Gasteiger partial charge in [-0.05, 0) is 52.1 Å². The van der Waals surface area contributed by atoms with E-state index in [2.05, 4.69) is 44.9 Å². The van der Waals surface area contributed by atoms with Crippen molar-refractivity contribution < 1.29 is 4.74 Å². The Morgan fingerprint density at radius 2 is 2.33 bits per heavy atom. The fraction of sp³-hybridized carbons (Fsp3) is 0.286. The first-order valence-electron chi connectivity index (χ1n) is 5.96. The topological polar surface area (TPSA) is 35.2 Å². The van der Waals surface area contributed by atoms with Crippen molar-refractivity contribution in [3.8, 4) is 5.75 Å². The van der Waals surface area contributed by atoms with E-state index in [-0.39, 0.29) is 6.04 Å². The molecule has 0 aliphatic carbocycles. The minimum Gasteiger partial charge on any atom is -0.493 e. The zero-order valence-electron chi connectivity index (χ0n) is 9.86. The number of benzene rings is 1. The number of thiophene rings is 1. The molecule has 0 amide bonds. The van der Waals surface area contributed by atoms with Crippen LogP contribution >= 0.6 is 27.3 Å². The predicted molar refractivity (Wildman–Crippen MR) is 78.3 cm³/mol. The summed E-state index contributed by atoms with van der Waals surface area (Å²) in [7, 11) is 0. The quantitative estimate of drug-likeness (QED) is 0.935. The van der Waals surface area contributed by atoms with E-state index in [0.29, 0.717) is 0 Å². The highest BCUT2D eigenvalue weighted by Crippen LogP contribution is 2.35. The summed E-state index contributed by atoms with van der Waals surface area (Å²) in [6.07, 6.45) is 1.81. The molecule has 94 valence electrons. The lowest BCUT2D eigenvalue weighted by Gasteiger charge is -2.13. The standard InChI is InChI=1S/C14H14BrNOS/c15-12-5-9-1-3-17-14(9)11(6-12)7-13(16)10-2-4-18-8-10/h2,4-6,8,13H,1,3,7,16H2. The Morgan fingerprint density at radius 1 is 1.44 bits per heavy atom. The molecule has 1 aliphatic rings. The molecule has 1 atom stereocenters. The van der Waals surface area contributed by atoms with Crippen molar-refractivity contribution in [1.29, 1.82) is 0 Å². The first-order chi connectivity index (χ1) is 8.74. The van der Waals surface area contributed by atoms with Gasteiger partial charge in [0.15, 0.2) is 0 Å². The smallest absolute Gasteiger partial charge is 0.125 e. The van der Waals surface area contributed by atoms with Crippen LogP contribution in [-0.4, -0.2) is 6.61 Å². The molecule has 2 heterocycles. The van der Waals surface area contributed by atoms with Crippen molar-refractivity contribution in [3.63, 3.8) is 0 Å². The normalized spacial score (nSPS) is 15.2. The molecular weight excluding hydrogens is 310 g/mol. The molecule has 1 aliphatic heterocycles. The van der Waals surface area contributed by atoms with E-state index in [1.54, 1.807) is 11.3 Å². The summed E-state index contributed by atoms with van der Waals surface area (Å²) < 4.78 is 6.84. The second kappa shape index (κ2) is 5.03. The van der Waals surface area contributed by atoms with Crippen LogP contribution in [0, 0.1) is 0 Å². The van der Waals surface area contributed by atoms with E-state index in [9.17, 15) is 0 Å². The maximum absolute atomic E-state index is 6.25. The van der Waals surface area contributed by atoms with Crippen molar-refractivity contribution in [2.75, 3.05) is 6.61 Å². The number of fused-ring (bicyclic) bond motifs is 1. The molecule has 1 aromatic heterocycles. The molecule has 2 aromatic rings. The van der Waals surface area contributed by atoms with Crippen molar-refractivity contribution in [3.05, 3.63) is 50.1 Å². The van der Waals surface area contributed by atoms with Gasteiger partial charge in [-0.3, -0.25) is 0 Å². The van der Waals surface area contributed by atoms with E-state index in [0.717, 1.165) is 29.7 Å². The van der Waals surface area contributed by atoms with Crippen LogP contribution in [0.4, 0.5) is 0 Å². The van der Waals surface area contributed by atoms with Gasteiger partial charge in [0.25, 0.3) is 0 Å². The van der Waals surface area contributed by atoms with Crippen molar-refractivity contribution >= 4 is 27.3 Å². The SMILES string of the molecule is NC(Cc1cc(Br)cc2c1OCC2)c1ccsc1. The summed E-state index contributed by atoms with van der Waals surface area (Å²) >= 11 is 5.25. The Labute approximate surface area is 119 Å². The van der Waals surface area contributed by atoms with Crippen LogP contribution in [-0.2, 0) is 12.8 Å². The highest BCUT2D eigenvalue weighted by molar-refractivity contribution is 9.10. The molecule has 0 radical (unpaired) electrons. The number of halogens is 1. The van der Waals surface area contributed by atoms with Gasteiger partial charge in [-0.2, -0.15) is 11.3 Å². The van der Waals surface area contributed by atoms with Gasteiger partial charge < -0.3 is 10.5 Å². The fourth-order valence-electron chi connectivity index (χ4n) is 2.34. The highest BCUT2D eigenvalue weighted by Gasteiger charge is 2.19. The van der Waals surface area contributed by atoms with Gasteiger partial charge in [0.05, 0.1) is 6.61 Å². The van der Waals surface area contributed by atoms with Crippen LogP contribution in [0.3, 0.4) is 0 Å². The number of hydrogen-bond acceptors (Lipinski definition) is 3. The fourth-order valence-corrected chi connectivity index (χ4v) is 3.62. The van der Waals surface area contributed by atoms with Crippen LogP contribution in [0.1, 0.15) is 22.7 Å². The molecule has 0 saturated heterocycles. The lowest BCUT2D eigenvalue weighted by atomic mass is 9.99. The third-order valence-electron chi connectivity index (χ3n) is 3.24. The van der Waals surface area contributed by atoms with E-state index in [1.807, 2.05) is 0 Å². The van der Waals surface area contributed by atoms with Gasteiger partial charge in [0.1, 0.15) is 5.75 Å². The van der Waals surface area contributed by atoms with Crippen LogP contribution in [0.5, 0.6) is 5.75 Å². The molecule has 2 nitrogen and oxygen atoms in total. The second-order valence-electron chi connectivity index (χ2n) is 4.52. The summed E-state index contributed by atoms with van der Waals surface area (Å²) in [5.74, 6) is 1.05. The zero-order chi connectivity index (χ0) is 12.5. The number of hydrogen-bond donors (Lipinski definition) is 1. The summed E-state index contributed by atoms with van der Waals surface area (Å²) in [5, 5.41) is 4.18. The Balaban J connectivity index is 1.89. The maximum atomic E-state index is 6.25. The van der Waals surface area contributed by atoms with Crippen LogP contribution < -0.4 is 10.5 Å². The van der Waals surface area contributed by atoms with Crippen molar-refractivity contribution in [2.45, 2.75) is 18.9 Å². The van der Waals surface area contributed by atoms with Gasteiger partial charge in [0.2, 0.25) is 0 Å². The summed E-state index contributed by atoms with van der Waals surface area (Å²) in [5.41, 5.74) is 9.95. The average Bonchev–Trinajstić information content (AvgIpc) is 2.98. The minimum atomic E-state index is 0.0406. The molecule has 3 rings (SSSR count). The average molecular weight is 324 g/mol. The van der Waals surface area contributed by atoms with Gasteiger partial charge in [-0.25, -0.2) is 0 Å². The second-order valence-corrected chi connectivity index (χ2v) is 6.21. The van der Waals surface area contributed by atoms with E-state index >= 15 is 0 Å². The molecule has 0 spiro atoms. The van der Waals surface area contributed by atoms with Crippen molar-refractivity contribution in [1.82, 2.24) is 0 Å². The minimum absolute atomic E-state index is 0.0406. The molecule has 4 heteroatoms. The largest absolute Gasteiger partial charge is 0.493 e. The first-order valence-corrected chi connectivity index (χ1v) is 7.69. The summed E-state index contributed by atoms with van der Waals surface area (Å²) in [4.78, 5) is 0. The lowest BCUT2D eigenvalue weighted by Crippen LogP contribution is -2.13. The van der Waals surface area contributed by atoms with Crippen LogP contribution in [0.15, 0.2) is 33.4 Å². The zero-order valence-corrected chi connectivity index (χ0v) is 12.3. The first kappa shape index (κ1) is 12.2. The lowest BCUT2D eigenvalue weighted by molar-refractivity contribution is 0.352. The van der Waals surface area contributed by atoms with Crippen molar-refractivity contribution in [2.24, 2.45) is 5.73 Å². The van der Waals surface area contributed by atoms with Crippen LogP contribution in [0.25, 0.3) is 0 Å². The molecule has 18 heavy (non-hydrogen) atoms. The molecule has 0 fully saturated rings. The number of nitrogens with two attached hydrogens (primary N) is 1. The number of ether oxygens (including phenoxy) is 1. The highest BCUT2D eigenvalue weighted by atomic mass is 79.9. The number of rotatable bonds is 3. The molecule has 2 N–H and O–H groups in total. The Bertz CT molecular complexity index is 553. The third kappa shape index (κ3) is 2.32. The predicted octanol–water partition coefficient (Wildman–Crippen LogP) is 3.69. The van der Waals surface area contributed by atoms with Gasteiger partial charge in [-0.15, -0.1) is 0 Å². The Hall–Kier alpha value is -0.840. The summed E-state index contributed by atoms with van der Waals surface area (Å²) in [6, 6.07) is 6.39. The summed E-state index contributed by atoms with van der Waals surface area (Å²) in [6.45, 7) is 0.784. The Morgan fingerprint density at radius 3 is 3.11 bits per heavy atom. The van der Waals surface area contributed by atoms with Crippen LogP contribution in [0.2, 0.25) is 0 Å². The van der Waals surface area contributed by atoms with E-state index < -0.39 is 0 Å². The molecule has 1 aromatic carbocycles. The third-order valence-corrected chi connectivity index (χ3v) is 4.40. The molecule has 0 saturated carbocycles. The van der Waals surface area contributed by atoms with E-state index in [1.165, 1.54) is 16.7 Å². The van der Waals surface area contributed by atoms with Gasteiger partial charge in [0, 0.05) is 16.9 Å². The van der Waals surface area contributed by atoms with Gasteiger partial charge >= 0.3 is 0 Å². The van der Waals surface area contributed by atoms with Gasteiger partial charge in [-0.1, -0.05) is 15.9 Å². The maximum Gasteiger partial charge on any atom is 0.125 e. The Kier molecular flexibility index (Phi) is 3.41. The van der Waals surface area contributed by atoms with E-state index in [4.69, 9.17) is 10.5 Å². The molecule has 0 bridgehead atoms. The molecular formula is C14H14BrNOS. The molecule has 1 unspecified atom stereocenters. The monoisotopic (exact) mass is 323 g/mol.